The number of aliphatic imine (C=N–C) groups is 1. The van der Waals surface area contributed by atoms with Crippen LogP contribution in [0, 0.1) is 6.92 Å². The van der Waals surface area contributed by atoms with E-state index in [9.17, 15) is 4.79 Å². The SMILES string of the molecule is Cc1ccc(N2CCC(NC(=NCC(=O)N(C)C)NCCc3ccccc3)CC2)nc1.I. The summed E-state index contributed by atoms with van der Waals surface area (Å²) in [5.74, 6) is 1.73. The van der Waals surface area contributed by atoms with Crippen LogP contribution in [0.1, 0.15) is 24.0 Å². The highest BCUT2D eigenvalue weighted by Gasteiger charge is 2.21. The first kappa shape index (κ1) is 25.9. The minimum absolute atomic E-state index is 0. The average molecular weight is 550 g/mol. The van der Waals surface area contributed by atoms with Crippen LogP contribution in [-0.2, 0) is 11.2 Å². The minimum atomic E-state index is -0.00979. The summed E-state index contributed by atoms with van der Waals surface area (Å²) in [6.45, 7) is 4.85. The molecule has 0 unspecified atom stereocenters. The fourth-order valence-electron chi connectivity index (χ4n) is 3.50. The van der Waals surface area contributed by atoms with Crippen LogP contribution in [0.3, 0.4) is 0 Å². The Morgan fingerprint density at radius 3 is 2.50 bits per heavy atom. The molecule has 3 rings (SSSR count). The van der Waals surface area contributed by atoms with Gasteiger partial charge < -0.3 is 20.4 Å². The number of piperidine rings is 1. The Labute approximate surface area is 208 Å². The van der Waals surface area contributed by atoms with Crippen LogP contribution < -0.4 is 15.5 Å². The summed E-state index contributed by atoms with van der Waals surface area (Å²) in [4.78, 5) is 25.0. The van der Waals surface area contributed by atoms with E-state index >= 15 is 0 Å². The van der Waals surface area contributed by atoms with Gasteiger partial charge in [-0.05, 0) is 43.4 Å². The Morgan fingerprint density at radius 2 is 1.88 bits per heavy atom. The number of hydrogen-bond acceptors (Lipinski definition) is 4. The van der Waals surface area contributed by atoms with Crippen molar-refractivity contribution in [1.82, 2.24) is 20.5 Å². The van der Waals surface area contributed by atoms with Gasteiger partial charge in [-0.3, -0.25) is 4.79 Å². The molecular weight excluding hydrogens is 515 g/mol. The molecule has 174 valence electrons. The van der Waals surface area contributed by atoms with Crippen LogP contribution in [0.4, 0.5) is 5.82 Å². The number of aryl methyl sites for hydroxylation is 1. The third kappa shape index (κ3) is 8.29. The molecule has 1 aliphatic rings. The second kappa shape index (κ2) is 13.2. The first-order valence-corrected chi connectivity index (χ1v) is 11.0. The highest BCUT2D eigenvalue weighted by Crippen LogP contribution is 2.18. The van der Waals surface area contributed by atoms with Crippen molar-refractivity contribution in [2.45, 2.75) is 32.2 Å². The summed E-state index contributed by atoms with van der Waals surface area (Å²) in [5, 5.41) is 6.94. The lowest BCUT2D eigenvalue weighted by molar-refractivity contribution is -0.127. The number of nitrogens with zero attached hydrogens (tertiary/aromatic N) is 4. The Morgan fingerprint density at radius 1 is 1.16 bits per heavy atom. The van der Waals surface area contributed by atoms with Gasteiger partial charge in [-0.2, -0.15) is 0 Å². The second-order valence-electron chi connectivity index (χ2n) is 8.21. The molecule has 2 heterocycles. The number of guanidine groups is 1. The standard InChI is InChI=1S/C24H34N6O.HI/c1-19-9-10-22(26-17-19)30-15-12-21(13-16-30)28-24(27-18-23(31)29(2)3)25-14-11-20-7-5-4-6-8-20;/h4-10,17,21H,11-16,18H2,1-3H3,(H2,25,27,28);1H. The lowest BCUT2D eigenvalue weighted by Crippen LogP contribution is -2.49. The molecule has 1 aromatic carbocycles. The van der Waals surface area contributed by atoms with Crippen LogP contribution in [0.25, 0.3) is 0 Å². The first-order chi connectivity index (χ1) is 15.0. The smallest absolute Gasteiger partial charge is 0.243 e. The Bertz CT molecular complexity index is 849. The largest absolute Gasteiger partial charge is 0.356 e. The van der Waals surface area contributed by atoms with E-state index in [1.54, 1.807) is 19.0 Å². The molecule has 1 aliphatic heterocycles. The molecule has 0 aliphatic carbocycles. The molecule has 2 N–H and O–H groups in total. The van der Waals surface area contributed by atoms with Gasteiger partial charge in [0.05, 0.1) is 0 Å². The van der Waals surface area contributed by atoms with Gasteiger partial charge in [-0.1, -0.05) is 36.4 Å². The average Bonchev–Trinajstić information content (AvgIpc) is 2.79. The number of halogens is 1. The number of rotatable bonds is 7. The van der Waals surface area contributed by atoms with Crippen molar-refractivity contribution in [3.8, 4) is 0 Å². The minimum Gasteiger partial charge on any atom is -0.356 e. The summed E-state index contributed by atoms with van der Waals surface area (Å²) in [7, 11) is 3.51. The van der Waals surface area contributed by atoms with Gasteiger partial charge in [-0.25, -0.2) is 9.98 Å². The van der Waals surface area contributed by atoms with Crippen LogP contribution in [-0.4, -0.2) is 68.1 Å². The van der Waals surface area contributed by atoms with E-state index in [0.717, 1.165) is 44.7 Å². The number of carbonyl (C=O) groups is 1. The van der Waals surface area contributed by atoms with E-state index in [1.807, 2.05) is 12.3 Å². The van der Waals surface area contributed by atoms with Crippen molar-refractivity contribution >= 4 is 41.7 Å². The van der Waals surface area contributed by atoms with E-state index in [-0.39, 0.29) is 36.4 Å². The maximum atomic E-state index is 12.0. The molecule has 0 bridgehead atoms. The molecule has 1 amide bonds. The maximum absolute atomic E-state index is 12.0. The summed E-state index contributed by atoms with van der Waals surface area (Å²) in [6, 6.07) is 14.9. The molecule has 32 heavy (non-hydrogen) atoms. The number of carbonyl (C=O) groups excluding carboxylic acids is 1. The normalized spacial score (nSPS) is 14.5. The van der Waals surface area contributed by atoms with Gasteiger partial charge in [-0.15, -0.1) is 24.0 Å². The Kier molecular flexibility index (Phi) is 10.7. The second-order valence-corrected chi connectivity index (χ2v) is 8.21. The number of hydrogen-bond donors (Lipinski definition) is 2. The number of aromatic nitrogens is 1. The highest BCUT2D eigenvalue weighted by molar-refractivity contribution is 14.0. The zero-order valence-electron chi connectivity index (χ0n) is 19.3. The topological polar surface area (TPSA) is 72.9 Å². The van der Waals surface area contributed by atoms with Gasteiger partial charge in [0.2, 0.25) is 5.91 Å². The molecule has 0 spiro atoms. The first-order valence-electron chi connectivity index (χ1n) is 11.0. The van der Waals surface area contributed by atoms with E-state index < -0.39 is 0 Å². The predicted molar refractivity (Wildman–Crippen MR) is 142 cm³/mol. The van der Waals surface area contributed by atoms with Gasteiger partial charge >= 0.3 is 0 Å². The molecule has 2 aromatic rings. The molecule has 0 radical (unpaired) electrons. The van der Waals surface area contributed by atoms with Gasteiger partial charge in [0.15, 0.2) is 5.96 Å². The number of nitrogens with one attached hydrogen (secondary N) is 2. The van der Waals surface area contributed by atoms with Crippen LogP contribution in [0.15, 0.2) is 53.7 Å². The van der Waals surface area contributed by atoms with E-state index in [4.69, 9.17) is 0 Å². The van der Waals surface area contributed by atoms with Gasteiger partial charge in [0.1, 0.15) is 12.4 Å². The van der Waals surface area contributed by atoms with E-state index in [2.05, 4.69) is 68.8 Å². The molecule has 0 atom stereocenters. The number of likely N-dealkylation sites (N-methyl/N-ethyl adjacent to an activating group) is 1. The molecular formula is C24H35IN6O. The highest BCUT2D eigenvalue weighted by atomic mass is 127. The fourth-order valence-corrected chi connectivity index (χ4v) is 3.50. The molecule has 8 heteroatoms. The van der Waals surface area contributed by atoms with Crippen molar-refractivity contribution in [2.24, 2.45) is 4.99 Å². The predicted octanol–water partition coefficient (Wildman–Crippen LogP) is 2.84. The van der Waals surface area contributed by atoms with Crippen molar-refractivity contribution in [1.29, 1.82) is 0 Å². The molecule has 7 nitrogen and oxygen atoms in total. The molecule has 0 saturated carbocycles. The Hall–Kier alpha value is -2.36. The monoisotopic (exact) mass is 550 g/mol. The van der Waals surface area contributed by atoms with E-state index in [1.165, 1.54) is 11.1 Å². The third-order valence-corrected chi connectivity index (χ3v) is 5.48. The molecule has 1 aromatic heterocycles. The fraction of sp³-hybridized carbons (Fsp3) is 0.458. The van der Waals surface area contributed by atoms with Crippen molar-refractivity contribution in [3.63, 3.8) is 0 Å². The van der Waals surface area contributed by atoms with Gasteiger partial charge in [0.25, 0.3) is 0 Å². The van der Waals surface area contributed by atoms with Crippen molar-refractivity contribution < 1.29 is 4.79 Å². The molecule has 1 saturated heterocycles. The van der Waals surface area contributed by atoms with Crippen LogP contribution in [0.2, 0.25) is 0 Å². The number of anilines is 1. The quantitative estimate of drug-likeness (QED) is 0.315. The van der Waals surface area contributed by atoms with E-state index in [0.29, 0.717) is 12.0 Å². The third-order valence-electron chi connectivity index (χ3n) is 5.48. The van der Waals surface area contributed by atoms with Crippen molar-refractivity contribution in [2.75, 3.05) is 45.2 Å². The summed E-state index contributed by atoms with van der Waals surface area (Å²) < 4.78 is 0. The molecule has 1 fully saturated rings. The van der Waals surface area contributed by atoms with Crippen molar-refractivity contribution in [3.05, 3.63) is 59.8 Å². The summed E-state index contributed by atoms with van der Waals surface area (Å²) in [6.07, 6.45) is 4.82. The van der Waals surface area contributed by atoms with Gasteiger partial charge in [0, 0.05) is 46.0 Å². The van der Waals surface area contributed by atoms with Crippen LogP contribution in [0.5, 0.6) is 0 Å². The Balaban J connectivity index is 0.00000363. The zero-order valence-corrected chi connectivity index (χ0v) is 21.6. The lowest BCUT2D eigenvalue weighted by atomic mass is 10.1. The van der Waals surface area contributed by atoms with Crippen LogP contribution >= 0.6 is 24.0 Å². The maximum Gasteiger partial charge on any atom is 0.243 e. The number of benzene rings is 1. The summed E-state index contributed by atoms with van der Waals surface area (Å²) >= 11 is 0. The summed E-state index contributed by atoms with van der Waals surface area (Å²) in [5.41, 5.74) is 2.45. The number of amides is 1. The number of pyridine rings is 1. The lowest BCUT2D eigenvalue weighted by Gasteiger charge is -2.34. The zero-order chi connectivity index (χ0) is 22.1.